The Labute approximate surface area is 63.5 Å². The van der Waals surface area contributed by atoms with Crippen molar-refractivity contribution in [1.82, 2.24) is 4.98 Å². The van der Waals surface area contributed by atoms with Crippen LogP contribution in [0.15, 0.2) is 18.3 Å². The molecule has 1 aromatic heterocycles. The van der Waals surface area contributed by atoms with Gasteiger partial charge in [-0.1, -0.05) is 18.3 Å². The zero-order valence-electron chi connectivity index (χ0n) is 5.11. The monoisotopic (exact) mass is 155 g/mol. The maximum Gasteiger partial charge on any atom is 0.491 e. The predicted octanol–water partition coefficient (Wildman–Crippen LogP) is -0.576. The van der Waals surface area contributed by atoms with Crippen LogP contribution in [0.2, 0.25) is 0 Å². The minimum Gasteiger partial charge on any atom is -0.423 e. The zero-order valence-corrected chi connectivity index (χ0v) is 5.93. The van der Waals surface area contributed by atoms with Crippen molar-refractivity contribution >= 4 is 24.8 Å². The predicted molar refractivity (Wildman–Crippen MR) is 41.5 cm³/mol. The van der Waals surface area contributed by atoms with E-state index in [4.69, 9.17) is 22.3 Å². The third kappa shape index (κ3) is 1.44. The van der Waals surface area contributed by atoms with Crippen molar-refractivity contribution in [3.05, 3.63) is 23.0 Å². The van der Waals surface area contributed by atoms with Gasteiger partial charge in [-0.15, -0.1) is 0 Å². The minimum atomic E-state index is -1.48. The molecule has 0 amide bonds. The van der Waals surface area contributed by atoms with Gasteiger partial charge < -0.3 is 15.0 Å². The van der Waals surface area contributed by atoms with Crippen LogP contribution in [-0.4, -0.2) is 22.2 Å². The lowest BCUT2D eigenvalue weighted by Crippen LogP contribution is -2.31. The fraction of sp³-hybridized carbons (Fsp3) is 0. The van der Waals surface area contributed by atoms with Gasteiger partial charge in [-0.3, -0.25) is 0 Å². The number of hydrogen-bond acceptors (Lipinski definition) is 3. The largest absolute Gasteiger partial charge is 0.491 e. The molecule has 0 aromatic carbocycles. The van der Waals surface area contributed by atoms with Crippen LogP contribution >= 0.6 is 12.2 Å². The van der Waals surface area contributed by atoms with Gasteiger partial charge in [0.05, 0.1) is 0 Å². The lowest BCUT2D eigenvalue weighted by molar-refractivity contribution is 0.425. The highest BCUT2D eigenvalue weighted by atomic mass is 32.1. The van der Waals surface area contributed by atoms with Crippen molar-refractivity contribution in [2.45, 2.75) is 0 Å². The molecule has 5 heteroatoms. The van der Waals surface area contributed by atoms with E-state index in [-0.39, 0.29) is 0 Å². The molecule has 0 aliphatic rings. The number of hydrogen-bond donors (Lipinski definition) is 3. The molecule has 10 heavy (non-hydrogen) atoms. The second kappa shape index (κ2) is 2.96. The molecule has 1 aromatic rings. The SMILES string of the molecule is OB(O)c1ccc[nH]c1=S. The fourth-order valence-corrected chi connectivity index (χ4v) is 0.879. The van der Waals surface area contributed by atoms with Gasteiger partial charge in [0, 0.05) is 11.7 Å². The lowest BCUT2D eigenvalue weighted by atomic mass is 9.82. The average molecular weight is 155 g/mol. The second-order valence-electron chi connectivity index (χ2n) is 1.83. The van der Waals surface area contributed by atoms with Gasteiger partial charge in [0.25, 0.3) is 0 Å². The summed E-state index contributed by atoms with van der Waals surface area (Å²) in [5.74, 6) is 0. The number of nitrogens with one attached hydrogen (secondary N) is 1. The highest BCUT2D eigenvalue weighted by molar-refractivity contribution is 7.71. The highest BCUT2D eigenvalue weighted by Gasteiger charge is 2.11. The van der Waals surface area contributed by atoms with E-state index < -0.39 is 7.12 Å². The molecule has 0 aliphatic carbocycles. The Balaban J connectivity index is 3.16. The average Bonchev–Trinajstić information content (AvgIpc) is 1.88. The Hall–Kier alpha value is -0.645. The first-order chi connectivity index (χ1) is 4.72. The van der Waals surface area contributed by atoms with Crippen molar-refractivity contribution in [3.8, 4) is 0 Å². The van der Waals surface area contributed by atoms with E-state index in [1.807, 2.05) is 0 Å². The topological polar surface area (TPSA) is 56.2 Å². The third-order valence-electron chi connectivity index (χ3n) is 1.13. The maximum absolute atomic E-state index is 8.67. The van der Waals surface area contributed by atoms with Gasteiger partial charge in [0.15, 0.2) is 0 Å². The van der Waals surface area contributed by atoms with Crippen LogP contribution in [-0.2, 0) is 0 Å². The highest BCUT2D eigenvalue weighted by Crippen LogP contribution is 1.82. The molecule has 0 aliphatic heterocycles. The van der Waals surface area contributed by atoms with Gasteiger partial charge in [0.2, 0.25) is 0 Å². The maximum atomic E-state index is 8.67. The van der Waals surface area contributed by atoms with Crippen molar-refractivity contribution in [3.63, 3.8) is 0 Å². The Morgan fingerprint density at radius 2 is 2.20 bits per heavy atom. The van der Waals surface area contributed by atoms with Gasteiger partial charge in [0.1, 0.15) is 4.64 Å². The number of aromatic nitrogens is 1. The molecule has 3 N–H and O–H groups in total. The molecule has 0 fully saturated rings. The van der Waals surface area contributed by atoms with E-state index in [2.05, 4.69) is 4.98 Å². The van der Waals surface area contributed by atoms with Crippen molar-refractivity contribution in [1.29, 1.82) is 0 Å². The van der Waals surface area contributed by atoms with E-state index in [1.165, 1.54) is 0 Å². The molecular formula is C5H6BNO2S. The summed E-state index contributed by atoms with van der Waals surface area (Å²) in [4.78, 5) is 2.68. The van der Waals surface area contributed by atoms with Crippen LogP contribution in [0.3, 0.4) is 0 Å². The molecule has 0 unspecified atom stereocenters. The van der Waals surface area contributed by atoms with E-state index in [0.717, 1.165) is 0 Å². The summed E-state index contributed by atoms with van der Waals surface area (Å²) in [6, 6.07) is 3.22. The fourth-order valence-electron chi connectivity index (χ4n) is 0.638. The number of pyridine rings is 1. The number of H-pyrrole nitrogens is 1. The summed E-state index contributed by atoms with van der Waals surface area (Å²) in [5.41, 5.74) is 0.331. The van der Waals surface area contributed by atoms with Crippen LogP contribution in [0, 0.1) is 4.64 Å². The molecule has 1 heterocycles. The Morgan fingerprint density at radius 3 is 2.60 bits per heavy atom. The first kappa shape index (κ1) is 7.46. The molecule has 1 rings (SSSR count). The molecule has 0 atom stereocenters. The molecule has 0 radical (unpaired) electrons. The van der Waals surface area contributed by atoms with E-state index >= 15 is 0 Å². The van der Waals surface area contributed by atoms with Gasteiger partial charge in [-0.25, -0.2) is 0 Å². The van der Waals surface area contributed by atoms with Crippen LogP contribution in [0.1, 0.15) is 0 Å². The Kier molecular flexibility index (Phi) is 2.21. The first-order valence-corrected chi connectivity index (χ1v) is 3.16. The summed E-state index contributed by atoms with van der Waals surface area (Å²) >= 11 is 4.75. The molecule has 0 saturated heterocycles. The lowest BCUT2D eigenvalue weighted by Gasteiger charge is -1.96. The smallest absolute Gasteiger partial charge is 0.423 e. The summed E-state index contributed by atoms with van der Waals surface area (Å²) < 4.78 is 0.359. The van der Waals surface area contributed by atoms with E-state index in [9.17, 15) is 0 Å². The van der Waals surface area contributed by atoms with Crippen LogP contribution in [0.25, 0.3) is 0 Å². The summed E-state index contributed by atoms with van der Waals surface area (Å²) in [5, 5.41) is 17.3. The van der Waals surface area contributed by atoms with Gasteiger partial charge in [-0.2, -0.15) is 0 Å². The molecule has 0 bridgehead atoms. The van der Waals surface area contributed by atoms with Crippen LogP contribution in [0.5, 0.6) is 0 Å². The normalized spacial score (nSPS) is 9.40. The number of rotatable bonds is 1. The Bertz CT molecular complexity index is 272. The van der Waals surface area contributed by atoms with Gasteiger partial charge in [-0.05, 0) is 6.07 Å². The Morgan fingerprint density at radius 1 is 1.50 bits per heavy atom. The molecule has 0 spiro atoms. The third-order valence-corrected chi connectivity index (χ3v) is 1.48. The first-order valence-electron chi connectivity index (χ1n) is 2.75. The van der Waals surface area contributed by atoms with Gasteiger partial charge >= 0.3 is 7.12 Å². The summed E-state index contributed by atoms with van der Waals surface area (Å²) in [6.07, 6.45) is 1.63. The summed E-state index contributed by atoms with van der Waals surface area (Å²) in [6.45, 7) is 0. The second-order valence-corrected chi connectivity index (χ2v) is 2.24. The molecule has 0 saturated carbocycles. The molecule has 52 valence electrons. The zero-order chi connectivity index (χ0) is 7.56. The van der Waals surface area contributed by atoms with E-state index in [1.54, 1.807) is 18.3 Å². The van der Waals surface area contributed by atoms with E-state index in [0.29, 0.717) is 10.1 Å². The summed E-state index contributed by atoms with van der Waals surface area (Å²) in [7, 11) is -1.48. The van der Waals surface area contributed by atoms with Crippen LogP contribution < -0.4 is 5.46 Å². The molecular weight excluding hydrogens is 149 g/mol. The molecule has 3 nitrogen and oxygen atoms in total. The van der Waals surface area contributed by atoms with Crippen molar-refractivity contribution in [2.24, 2.45) is 0 Å². The van der Waals surface area contributed by atoms with Crippen LogP contribution in [0.4, 0.5) is 0 Å². The standard InChI is InChI=1S/C5H6BNO2S/c8-6(9)4-2-1-3-7-5(4)10/h1-3,8-9H,(H,7,10). The van der Waals surface area contributed by atoms with Crippen molar-refractivity contribution in [2.75, 3.05) is 0 Å². The quantitative estimate of drug-likeness (QED) is 0.375. The minimum absolute atomic E-state index is 0.331. The number of aromatic amines is 1. The van der Waals surface area contributed by atoms with Crippen molar-refractivity contribution < 1.29 is 10.0 Å².